The van der Waals surface area contributed by atoms with Crippen molar-refractivity contribution >= 4 is 5.78 Å². The molecule has 5 aliphatic rings. The van der Waals surface area contributed by atoms with E-state index in [1.165, 1.54) is 94.6 Å². The van der Waals surface area contributed by atoms with E-state index in [0.717, 1.165) is 43.6 Å². The van der Waals surface area contributed by atoms with Crippen LogP contribution in [0.2, 0.25) is 0 Å². The van der Waals surface area contributed by atoms with Gasteiger partial charge in [0.1, 0.15) is 5.75 Å². The first-order valence-corrected chi connectivity index (χ1v) is 17.0. The van der Waals surface area contributed by atoms with Crippen LogP contribution in [-0.2, 0) is 24.1 Å². The summed E-state index contributed by atoms with van der Waals surface area (Å²) in [6.45, 7) is 8.75. The van der Waals surface area contributed by atoms with Crippen LogP contribution < -0.4 is 4.74 Å². The zero-order valence-corrected chi connectivity index (χ0v) is 27.2. The number of aryl methyl sites for hydroxylation is 3. The van der Waals surface area contributed by atoms with Crippen LogP contribution in [0.15, 0.2) is 96.1 Å². The molecule has 0 saturated heterocycles. The van der Waals surface area contributed by atoms with Crippen molar-refractivity contribution in [3.63, 3.8) is 0 Å². The molecular formula is C41H56O2. The molecule has 0 saturated carbocycles. The Hall–Kier alpha value is -3.13. The lowest BCUT2D eigenvalue weighted by Crippen LogP contribution is -2.07. The van der Waals surface area contributed by atoms with E-state index in [9.17, 15) is 4.79 Å². The standard InChI is InChI=1S/C10H12.C9H10O.C9H12O.C7H12.C6H10/c1-2-6-10-8-4-3-7-9(10)5-1;1-2-6-9-8(4-1)5-3-7-10-9;1-3-4-8-7(2)5-6-9(8)10;1-7-5-3-2-4-6-7;1-2-4-6-5-3-1/h1-2,5-6H,3-4,7-8H2;1-2,4,6H,3,5,7H2;3H,1,4-6H2,2H3;5H,2-4,6H2,1H3;1-2H,3-6H2. The van der Waals surface area contributed by atoms with E-state index in [2.05, 4.69) is 68.1 Å². The van der Waals surface area contributed by atoms with E-state index in [4.69, 9.17) is 4.74 Å². The molecule has 0 fully saturated rings. The SMILES string of the molecule is C1=CCCCC1.C=CCC1=C(C)CCC1=O.CC1=CCCCC1.c1ccc2c(c1)CCCC2.c1ccc2c(c1)CCCO2. The van der Waals surface area contributed by atoms with Gasteiger partial charge in [0.15, 0.2) is 5.78 Å². The first-order valence-electron chi connectivity index (χ1n) is 17.0. The summed E-state index contributed by atoms with van der Waals surface area (Å²) >= 11 is 0. The van der Waals surface area contributed by atoms with Gasteiger partial charge in [-0.1, -0.05) is 77.9 Å². The molecule has 0 amide bonds. The second kappa shape index (κ2) is 20.7. The molecule has 1 aliphatic heterocycles. The second-order valence-electron chi connectivity index (χ2n) is 12.3. The summed E-state index contributed by atoms with van der Waals surface area (Å²) in [5.41, 5.74) is 8.35. The highest BCUT2D eigenvalue weighted by molar-refractivity contribution is 5.98. The fourth-order valence-corrected chi connectivity index (χ4v) is 6.00. The van der Waals surface area contributed by atoms with Gasteiger partial charge in [0, 0.05) is 6.42 Å². The van der Waals surface area contributed by atoms with Gasteiger partial charge in [-0.15, -0.1) is 6.58 Å². The van der Waals surface area contributed by atoms with Crippen molar-refractivity contribution in [2.45, 2.75) is 123 Å². The highest BCUT2D eigenvalue weighted by Crippen LogP contribution is 2.25. The Morgan fingerprint density at radius 3 is 1.72 bits per heavy atom. The van der Waals surface area contributed by atoms with Gasteiger partial charge in [0.25, 0.3) is 0 Å². The number of ether oxygens (including phenoxy) is 1. The summed E-state index contributed by atoms with van der Waals surface area (Å²) in [5, 5.41) is 0. The highest BCUT2D eigenvalue weighted by Gasteiger charge is 2.17. The maximum atomic E-state index is 11.1. The number of Topliss-reactive ketones (excluding diaryl/α,β-unsaturated/α-hetero) is 1. The summed E-state index contributed by atoms with van der Waals surface area (Å²) < 4.78 is 5.42. The summed E-state index contributed by atoms with van der Waals surface area (Å²) in [5.74, 6) is 1.39. The molecule has 0 radical (unpaired) electrons. The Balaban J connectivity index is 0.000000149. The van der Waals surface area contributed by atoms with E-state index in [1.807, 2.05) is 19.1 Å². The minimum absolute atomic E-state index is 0.317. The van der Waals surface area contributed by atoms with Crippen molar-refractivity contribution in [1.29, 1.82) is 0 Å². The van der Waals surface area contributed by atoms with Gasteiger partial charge in [-0.2, -0.15) is 0 Å². The zero-order valence-electron chi connectivity index (χ0n) is 27.2. The molecular weight excluding hydrogens is 524 g/mol. The van der Waals surface area contributed by atoms with Crippen LogP contribution in [0.4, 0.5) is 0 Å². The monoisotopic (exact) mass is 580 g/mol. The van der Waals surface area contributed by atoms with Crippen LogP contribution in [-0.4, -0.2) is 12.4 Å². The predicted octanol–water partition coefficient (Wildman–Crippen LogP) is 11.4. The Morgan fingerprint density at radius 2 is 1.26 bits per heavy atom. The maximum Gasteiger partial charge on any atom is 0.159 e. The van der Waals surface area contributed by atoms with Crippen LogP contribution in [0.25, 0.3) is 0 Å². The molecule has 0 bridgehead atoms. The maximum absolute atomic E-state index is 11.1. The third-order valence-electron chi connectivity index (χ3n) is 8.68. The quantitative estimate of drug-likeness (QED) is 0.330. The lowest BCUT2D eigenvalue weighted by molar-refractivity contribution is -0.114. The topological polar surface area (TPSA) is 26.3 Å². The van der Waals surface area contributed by atoms with Gasteiger partial charge in [0.05, 0.1) is 6.61 Å². The normalized spacial score (nSPS) is 18.2. The third kappa shape index (κ3) is 13.4. The van der Waals surface area contributed by atoms with E-state index in [0.29, 0.717) is 5.78 Å². The average Bonchev–Trinajstić information content (AvgIpc) is 3.40. The molecule has 2 nitrogen and oxygen atoms in total. The fraction of sp³-hybridized carbons (Fsp3) is 0.488. The molecule has 0 atom stereocenters. The van der Waals surface area contributed by atoms with Crippen LogP contribution >= 0.6 is 0 Å². The minimum Gasteiger partial charge on any atom is -0.493 e. The molecule has 1 heterocycles. The van der Waals surface area contributed by atoms with Crippen LogP contribution in [0.1, 0.15) is 120 Å². The zero-order chi connectivity index (χ0) is 30.5. The first kappa shape index (κ1) is 34.4. The van der Waals surface area contributed by atoms with Crippen molar-refractivity contribution in [3.05, 3.63) is 113 Å². The minimum atomic E-state index is 0.317. The Kier molecular flexibility index (Phi) is 16.6. The van der Waals surface area contributed by atoms with Crippen LogP contribution in [0.3, 0.4) is 0 Å². The lowest BCUT2D eigenvalue weighted by atomic mass is 9.92. The number of fused-ring (bicyclic) bond motifs is 2. The number of carbonyl (C=O) groups is 1. The van der Waals surface area contributed by atoms with Crippen LogP contribution in [0, 0.1) is 0 Å². The molecule has 2 heteroatoms. The summed E-state index contributed by atoms with van der Waals surface area (Å²) in [6, 6.07) is 17.1. The van der Waals surface area contributed by atoms with Gasteiger partial charge in [-0.3, -0.25) is 4.79 Å². The van der Waals surface area contributed by atoms with Crippen molar-refractivity contribution in [2.75, 3.05) is 6.61 Å². The van der Waals surface area contributed by atoms with Gasteiger partial charge in [0.2, 0.25) is 0 Å². The Bertz CT molecular complexity index is 1100. The second-order valence-corrected chi connectivity index (χ2v) is 12.3. The van der Waals surface area contributed by atoms with Crippen molar-refractivity contribution in [3.8, 4) is 5.75 Å². The summed E-state index contributed by atoms with van der Waals surface area (Å²) in [6.07, 6.45) is 29.8. The Labute approximate surface area is 263 Å². The highest BCUT2D eigenvalue weighted by atomic mass is 16.5. The third-order valence-corrected chi connectivity index (χ3v) is 8.68. The van der Waals surface area contributed by atoms with Crippen molar-refractivity contribution in [1.82, 2.24) is 0 Å². The number of allylic oxidation sites excluding steroid dienone is 7. The number of ketones is 1. The number of para-hydroxylation sites is 1. The van der Waals surface area contributed by atoms with E-state index >= 15 is 0 Å². The van der Waals surface area contributed by atoms with Gasteiger partial charge in [-0.05, 0) is 145 Å². The number of benzene rings is 2. The molecule has 232 valence electrons. The molecule has 2 aromatic rings. The smallest absolute Gasteiger partial charge is 0.159 e. The molecule has 0 N–H and O–H groups in total. The van der Waals surface area contributed by atoms with E-state index in [1.54, 1.807) is 22.8 Å². The van der Waals surface area contributed by atoms with Crippen LogP contribution in [0.5, 0.6) is 5.75 Å². The van der Waals surface area contributed by atoms with Gasteiger partial charge < -0.3 is 4.74 Å². The molecule has 0 aromatic heterocycles. The van der Waals surface area contributed by atoms with E-state index < -0.39 is 0 Å². The number of hydrogen-bond donors (Lipinski definition) is 0. The van der Waals surface area contributed by atoms with E-state index in [-0.39, 0.29) is 0 Å². The fourth-order valence-electron chi connectivity index (χ4n) is 6.00. The molecule has 7 rings (SSSR count). The predicted molar refractivity (Wildman–Crippen MR) is 185 cm³/mol. The van der Waals surface area contributed by atoms with Crippen molar-refractivity contribution < 1.29 is 9.53 Å². The molecule has 0 unspecified atom stereocenters. The molecule has 4 aliphatic carbocycles. The summed E-state index contributed by atoms with van der Waals surface area (Å²) in [4.78, 5) is 11.1. The van der Waals surface area contributed by atoms with Gasteiger partial charge in [-0.25, -0.2) is 0 Å². The Morgan fingerprint density at radius 1 is 0.674 bits per heavy atom. The average molecular weight is 581 g/mol. The molecule has 2 aromatic carbocycles. The molecule has 0 spiro atoms. The lowest BCUT2D eigenvalue weighted by Gasteiger charge is -2.15. The number of hydrogen-bond acceptors (Lipinski definition) is 2. The molecule has 43 heavy (non-hydrogen) atoms. The summed E-state index contributed by atoms with van der Waals surface area (Å²) in [7, 11) is 0. The van der Waals surface area contributed by atoms with Crippen molar-refractivity contribution in [2.24, 2.45) is 0 Å². The van der Waals surface area contributed by atoms with Gasteiger partial charge >= 0.3 is 0 Å². The first-order chi connectivity index (χ1) is 21.1. The number of rotatable bonds is 2. The number of carbonyl (C=O) groups excluding carboxylic acids is 1. The largest absolute Gasteiger partial charge is 0.493 e.